The van der Waals surface area contributed by atoms with Gasteiger partial charge in [-0.25, -0.2) is 13.1 Å². The van der Waals surface area contributed by atoms with Crippen molar-refractivity contribution in [2.24, 2.45) is 5.41 Å². The second-order valence-electron chi connectivity index (χ2n) is 6.11. The number of rotatable bonds is 5. The lowest BCUT2D eigenvalue weighted by molar-refractivity contribution is 0.219. The van der Waals surface area contributed by atoms with Crippen LogP contribution >= 0.6 is 0 Å². The Labute approximate surface area is 126 Å². The lowest BCUT2D eigenvalue weighted by atomic mass is 9.76. The van der Waals surface area contributed by atoms with Crippen molar-refractivity contribution in [3.05, 3.63) is 18.2 Å². The zero-order valence-electron chi connectivity index (χ0n) is 12.7. The average Bonchev–Trinajstić information content (AvgIpc) is 2.46. The number of nitrogens with one attached hydrogen (secondary N) is 1. The van der Waals surface area contributed by atoms with E-state index in [1.165, 1.54) is 32.4 Å². The Morgan fingerprint density at radius 2 is 1.95 bits per heavy atom. The molecule has 0 saturated heterocycles. The lowest BCUT2D eigenvalue weighted by Gasteiger charge is -2.33. The molecule has 118 valence electrons. The maximum Gasteiger partial charge on any atom is 0.244 e. The molecule has 1 aromatic rings. The molecule has 21 heavy (non-hydrogen) atoms. The summed E-state index contributed by atoms with van der Waals surface area (Å²) >= 11 is 0. The lowest BCUT2D eigenvalue weighted by Crippen LogP contribution is -2.37. The van der Waals surface area contributed by atoms with Gasteiger partial charge in [0.15, 0.2) is 0 Å². The summed E-state index contributed by atoms with van der Waals surface area (Å²) in [5.41, 5.74) is 6.14. The van der Waals surface area contributed by atoms with Crippen molar-refractivity contribution in [3.8, 4) is 5.75 Å². The Balaban J connectivity index is 2.17. The Morgan fingerprint density at radius 1 is 1.29 bits per heavy atom. The molecule has 1 aliphatic rings. The van der Waals surface area contributed by atoms with Crippen LogP contribution in [0.3, 0.4) is 0 Å². The van der Waals surface area contributed by atoms with E-state index in [0.717, 1.165) is 12.8 Å². The number of benzene rings is 1. The number of sulfonamides is 1. The third-order valence-corrected chi connectivity index (χ3v) is 5.65. The second-order valence-corrected chi connectivity index (χ2v) is 7.84. The molecule has 0 bridgehead atoms. The fourth-order valence-corrected chi connectivity index (χ4v) is 4.23. The first-order valence-corrected chi connectivity index (χ1v) is 8.78. The maximum atomic E-state index is 12.5. The number of methoxy groups -OCH3 is 1. The van der Waals surface area contributed by atoms with Gasteiger partial charge in [0.25, 0.3) is 0 Å². The first-order chi connectivity index (χ1) is 9.86. The van der Waals surface area contributed by atoms with Gasteiger partial charge in [0.05, 0.1) is 7.11 Å². The number of hydrogen-bond donors (Lipinski definition) is 2. The maximum absolute atomic E-state index is 12.5. The van der Waals surface area contributed by atoms with Gasteiger partial charge in [0.1, 0.15) is 10.6 Å². The minimum absolute atomic E-state index is 0.0406. The highest BCUT2D eigenvalue weighted by atomic mass is 32.2. The molecule has 3 N–H and O–H groups in total. The Hall–Kier alpha value is -1.27. The van der Waals surface area contributed by atoms with Crippen LogP contribution in [0.4, 0.5) is 5.69 Å². The number of hydrogen-bond acceptors (Lipinski definition) is 4. The van der Waals surface area contributed by atoms with Crippen molar-refractivity contribution in [2.75, 3.05) is 19.4 Å². The van der Waals surface area contributed by atoms with E-state index in [1.54, 1.807) is 12.1 Å². The summed E-state index contributed by atoms with van der Waals surface area (Å²) in [6, 6.07) is 4.64. The van der Waals surface area contributed by atoms with Crippen LogP contribution in [0.2, 0.25) is 0 Å². The first kappa shape index (κ1) is 16.1. The molecule has 0 spiro atoms. The highest BCUT2D eigenvalue weighted by molar-refractivity contribution is 7.89. The fourth-order valence-electron chi connectivity index (χ4n) is 2.83. The summed E-state index contributed by atoms with van der Waals surface area (Å²) in [5.74, 6) is 0.311. The number of ether oxygens (including phenoxy) is 1. The molecule has 1 aromatic carbocycles. The van der Waals surface area contributed by atoms with Gasteiger partial charge >= 0.3 is 0 Å². The Morgan fingerprint density at radius 3 is 2.57 bits per heavy atom. The molecule has 1 aliphatic carbocycles. The van der Waals surface area contributed by atoms with Crippen LogP contribution in [-0.2, 0) is 10.0 Å². The molecule has 0 aliphatic heterocycles. The predicted molar refractivity (Wildman–Crippen MR) is 83.8 cm³/mol. The molecule has 0 unspecified atom stereocenters. The second kappa shape index (κ2) is 6.23. The van der Waals surface area contributed by atoms with Crippen LogP contribution < -0.4 is 15.2 Å². The molecule has 0 atom stereocenters. The van der Waals surface area contributed by atoms with Gasteiger partial charge in [-0.2, -0.15) is 0 Å². The van der Waals surface area contributed by atoms with E-state index in [9.17, 15) is 8.42 Å². The molecule has 2 rings (SSSR count). The van der Waals surface area contributed by atoms with E-state index in [0.29, 0.717) is 18.0 Å². The molecule has 6 heteroatoms. The Kier molecular flexibility index (Phi) is 4.78. The monoisotopic (exact) mass is 312 g/mol. The van der Waals surface area contributed by atoms with Crippen LogP contribution in [0.25, 0.3) is 0 Å². The largest absolute Gasteiger partial charge is 0.495 e. The summed E-state index contributed by atoms with van der Waals surface area (Å²) in [6.45, 7) is 2.60. The topological polar surface area (TPSA) is 81.4 Å². The molecular formula is C15H24N2O3S. The quantitative estimate of drug-likeness (QED) is 0.819. The third-order valence-electron chi connectivity index (χ3n) is 4.23. The number of anilines is 1. The highest BCUT2D eigenvalue weighted by Crippen LogP contribution is 2.35. The summed E-state index contributed by atoms with van der Waals surface area (Å²) in [5, 5.41) is 0. The molecule has 5 nitrogen and oxygen atoms in total. The van der Waals surface area contributed by atoms with E-state index in [4.69, 9.17) is 10.5 Å². The minimum atomic E-state index is -3.62. The van der Waals surface area contributed by atoms with Crippen molar-refractivity contribution >= 4 is 15.7 Å². The summed E-state index contributed by atoms with van der Waals surface area (Å²) in [4.78, 5) is 0.101. The van der Waals surface area contributed by atoms with E-state index in [2.05, 4.69) is 11.6 Å². The van der Waals surface area contributed by atoms with E-state index in [1.807, 2.05) is 0 Å². The average molecular weight is 312 g/mol. The highest BCUT2D eigenvalue weighted by Gasteiger charge is 2.29. The van der Waals surface area contributed by atoms with Gasteiger partial charge in [-0.3, -0.25) is 0 Å². The predicted octanol–water partition coefficient (Wildman–Crippen LogP) is 2.53. The van der Waals surface area contributed by atoms with Crippen LogP contribution in [0.1, 0.15) is 39.0 Å². The van der Waals surface area contributed by atoms with Crippen molar-refractivity contribution in [2.45, 2.75) is 43.9 Å². The molecule has 0 radical (unpaired) electrons. The van der Waals surface area contributed by atoms with Gasteiger partial charge in [-0.05, 0) is 36.5 Å². The van der Waals surface area contributed by atoms with Crippen LogP contribution in [0.15, 0.2) is 23.1 Å². The molecule has 1 fully saturated rings. The van der Waals surface area contributed by atoms with Crippen LogP contribution in [0.5, 0.6) is 5.75 Å². The van der Waals surface area contributed by atoms with Crippen molar-refractivity contribution in [1.82, 2.24) is 4.72 Å². The molecule has 0 heterocycles. The molecule has 0 aromatic heterocycles. The van der Waals surface area contributed by atoms with Gasteiger partial charge in [0, 0.05) is 12.2 Å². The SMILES string of the molecule is COc1ccc(N)cc1S(=O)(=O)NCC1(C)CCCCC1. The molecule has 1 saturated carbocycles. The zero-order chi connectivity index (χ0) is 15.5. The standard InChI is InChI=1S/C15H24N2O3S/c1-15(8-4-3-5-9-15)11-17-21(18,19)14-10-12(16)6-7-13(14)20-2/h6-7,10,17H,3-5,8-9,11,16H2,1-2H3. The summed E-state index contributed by atoms with van der Waals surface area (Å²) < 4.78 is 32.9. The van der Waals surface area contributed by atoms with Crippen molar-refractivity contribution in [1.29, 1.82) is 0 Å². The van der Waals surface area contributed by atoms with Crippen LogP contribution in [0, 0.1) is 5.41 Å². The van der Waals surface area contributed by atoms with Gasteiger partial charge in [0.2, 0.25) is 10.0 Å². The fraction of sp³-hybridized carbons (Fsp3) is 0.600. The van der Waals surface area contributed by atoms with E-state index >= 15 is 0 Å². The minimum Gasteiger partial charge on any atom is -0.495 e. The van der Waals surface area contributed by atoms with Crippen LogP contribution in [-0.4, -0.2) is 22.1 Å². The van der Waals surface area contributed by atoms with Gasteiger partial charge < -0.3 is 10.5 Å². The third kappa shape index (κ3) is 3.89. The first-order valence-electron chi connectivity index (χ1n) is 7.29. The van der Waals surface area contributed by atoms with E-state index in [-0.39, 0.29) is 10.3 Å². The Bertz CT molecular complexity index is 593. The van der Waals surface area contributed by atoms with Gasteiger partial charge in [-0.15, -0.1) is 0 Å². The summed E-state index contributed by atoms with van der Waals surface area (Å²) in [6.07, 6.45) is 5.69. The smallest absolute Gasteiger partial charge is 0.244 e. The van der Waals surface area contributed by atoms with Crippen molar-refractivity contribution < 1.29 is 13.2 Å². The molecular weight excluding hydrogens is 288 g/mol. The van der Waals surface area contributed by atoms with Gasteiger partial charge in [-0.1, -0.05) is 26.2 Å². The number of nitrogens with two attached hydrogens (primary N) is 1. The van der Waals surface area contributed by atoms with Crippen molar-refractivity contribution in [3.63, 3.8) is 0 Å². The molecule has 0 amide bonds. The normalized spacial score (nSPS) is 18.4. The summed E-state index contributed by atoms with van der Waals surface area (Å²) in [7, 11) is -2.17. The number of nitrogen functional groups attached to an aromatic ring is 1. The van der Waals surface area contributed by atoms with E-state index < -0.39 is 10.0 Å². The zero-order valence-corrected chi connectivity index (χ0v) is 13.5.